The number of carbonyl (C=O) groups is 1. The minimum absolute atomic E-state index is 0. The van der Waals surface area contributed by atoms with Gasteiger partial charge in [-0.05, 0) is 25.0 Å². The molecule has 0 aliphatic carbocycles. The Balaban J connectivity index is 0.00000256. The number of amides is 1. The number of hydrogen-bond acceptors (Lipinski definition) is 3. The first-order valence-electron chi connectivity index (χ1n) is 5.70. The fourth-order valence-electron chi connectivity index (χ4n) is 1.56. The first kappa shape index (κ1) is 15.7. The van der Waals surface area contributed by atoms with Crippen molar-refractivity contribution in [1.29, 1.82) is 0 Å². The fourth-order valence-corrected chi connectivity index (χ4v) is 1.56. The zero-order valence-corrected chi connectivity index (χ0v) is 11.1. The number of nitrogens with zero attached hydrogens (tertiary/aromatic N) is 1. The lowest BCUT2D eigenvalue weighted by atomic mass is 10.1. The molecule has 96 valence electrons. The maximum Gasteiger partial charge on any atom is 0.270 e. The number of nitrogen functional groups attached to an aromatic ring is 1. The Morgan fingerprint density at radius 2 is 2.18 bits per heavy atom. The number of carbonyl (C=O) groups excluding carboxylic acids is 1. The number of nitrogens with two attached hydrogens (primary N) is 1. The van der Waals surface area contributed by atoms with Crippen LogP contribution in [0.3, 0.4) is 0 Å². The molecule has 0 radical (unpaired) electrons. The summed E-state index contributed by atoms with van der Waals surface area (Å²) < 4.78 is 0. The Morgan fingerprint density at radius 1 is 1.47 bits per heavy atom. The minimum Gasteiger partial charge on any atom is -0.384 e. The molecule has 0 fully saturated rings. The molecule has 17 heavy (non-hydrogen) atoms. The van der Waals surface area contributed by atoms with Crippen LogP contribution < -0.4 is 11.1 Å². The number of aromatic nitrogens is 1. The molecule has 1 unspecified atom stereocenters. The number of halogens is 1. The van der Waals surface area contributed by atoms with Gasteiger partial charge in [-0.1, -0.05) is 26.3 Å². The minimum atomic E-state index is -0.146. The van der Waals surface area contributed by atoms with Crippen molar-refractivity contribution in [2.75, 3.05) is 5.73 Å². The predicted octanol–water partition coefficient (Wildman–Crippen LogP) is 2.39. The molecule has 1 aromatic rings. The number of pyridine rings is 1. The van der Waals surface area contributed by atoms with E-state index in [1.165, 1.54) is 0 Å². The van der Waals surface area contributed by atoms with E-state index in [1.54, 1.807) is 18.2 Å². The molecule has 0 saturated carbocycles. The van der Waals surface area contributed by atoms with E-state index in [1.807, 2.05) is 0 Å². The molecule has 0 aromatic carbocycles. The van der Waals surface area contributed by atoms with Crippen LogP contribution in [0, 0.1) is 0 Å². The molecule has 1 amide bonds. The van der Waals surface area contributed by atoms with Gasteiger partial charge in [0.1, 0.15) is 11.5 Å². The van der Waals surface area contributed by atoms with Gasteiger partial charge in [0.15, 0.2) is 0 Å². The molecule has 5 heteroatoms. The Bertz CT molecular complexity index is 357. The van der Waals surface area contributed by atoms with Crippen LogP contribution >= 0.6 is 12.4 Å². The van der Waals surface area contributed by atoms with Crippen LogP contribution in [0.5, 0.6) is 0 Å². The Kier molecular flexibility index (Phi) is 7.30. The van der Waals surface area contributed by atoms with Gasteiger partial charge in [0, 0.05) is 6.04 Å². The monoisotopic (exact) mass is 257 g/mol. The molecule has 0 bridgehead atoms. The van der Waals surface area contributed by atoms with E-state index in [-0.39, 0.29) is 24.4 Å². The largest absolute Gasteiger partial charge is 0.384 e. The summed E-state index contributed by atoms with van der Waals surface area (Å²) in [6.45, 7) is 4.17. The molecule has 0 aliphatic heterocycles. The third-order valence-corrected chi connectivity index (χ3v) is 2.47. The number of anilines is 1. The molecule has 1 aromatic heterocycles. The topological polar surface area (TPSA) is 68.0 Å². The lowest BCUT2D eigenvalue weighted by Gasteiger charge is -2.15. The van der Waals surface area contributed by atoms with Gasteiger partial charge >= 0.3 is 0 Å². The molecule has 0 saturated heterocycles. The van der Waals surface area contributed by atoms with E-state index in [0.29, 0.717) is 11.5 Å². The molecule has 1 atom stereocenters. The van der Waals surface area contributed by atoms with E-state index >= 15 is 0 Å². The third-order valence-electron chi connectivity index (χ3n) is 2.47. The Labute approximate surface area is 108 Å². The smallest absolute Gasteiger partial charge is 0.270 e. The molecule has 3 N–H and O–H groups in total. The molecule has 1 rings (SSSR count). The van der Waals surface area contributed by atoms with E-state index in [2.05, 4.69) is 24.1 Å². The van der Waals surface area contributed by atoms with Gasteiger partial charge in [-0.15, -0.1) is 12.4 Å². The van der Waals surface area contributed by atoms with Gasteiger partial charge in [-0.25, -0.2) is 4.98 Å². The highest BCUT2D eigenvalue weighted by Crippen LogP contribution is 2.04. The second kappa shape index (κ2) is 7.90. The number of rotatable bonds is 5. The van der Waals surface area contributed by atoms with Gasteiger partial charge in [-0.3, -0.25) is 4.79 Å². The second-order valence-electron chi connectivity index (χ2n) is 3.82. The van der Waals surface area contributed by atoms with E-state index < -0.39 is 0 Å². The highest BCUT2D eigenvalue weighted by Gasteiger charge is 2.12. The van der Waals surface area contributed by atoms with Crippen LogP contribution in [0.25, 0.3) is 0 Å². The molecule has 1 heterocycles. The molecule has 0 spiro atoms. The summed E-state index contributed by atoms with van der Waals surface area (Å²) in [6.07, 6.45) is 2.98. The maximum atomic E-state index is 11.8. The summed E-state index contributed by atoms with van der Waals surface area (Å²) in [5.41, 5.74) is 5.91. The van der Waals surface area contributed by atoms with Crippen molar-refractivity contribution in [3.8, 4) is 0 Å². The average molecular weight is 258 g/mol. The highest BCUT2D eigenvalue weighted by atomic mass is 35.5. The lowest BCUT2D eigenvalue weighted by Crippen LogP contribution is -2.34. The first-order valence-corrected chi connectivity index (χ1v) is 5.70. The molecule has 0 aliphatic rings. The normalized spacial score (nSPS) is 11.4. The third kappa shape index (κ3) is 5.04. The van der Waals surface area contributed by atoms with Crippen molar-refractivity contribution in [3.63, 3.8) is 0 Å². The van der Waals surface area contributed by atoms with Crippen LogP contribution in [0.15, 0.2) is 18.2 Å². The lowest BCUT2D eigenvalue weighted by molar-refractivity contribution is 0.0929. The summed E-state index contributed by atoms with van der Waals surface area (Å²) in [5, 5.41) is 2.95. The van der Waals surface area contributed by atoms with Crippen molar-refractivity contribution in [2.45, 2.75) is 39.2 Å². The second-order valence-corrected chi connectivity index (χ2v) is 3.82. The highest BCUT2D eigenvalue weighted by molar-refractivity contribution is 5.92. The SMILES string of the molecule is CCCC(CC)NC(=O)c1cccc(N)n1.Cl. The summed E-state index contributed by atoms with van der Waals surface area (Å²) in [7, 11) is 0. The van der Waals surface area contributed by atoms with Gasteiger partial charge in [0.25, 0.3) is 5.91 Å². The van der Waals surface area contributed by atoms with Crippen LogP contribution in [0.4, 0.5) is 5.82 Å². The van der Waals surface area contributed by atoms with Crippen molar-refractivity contribution < 1.29 is 4.79 Å². The quantitative estimate of drug-likeness (QED) is 0.851. The first-order chi connectivity index (χ1) is 7.67. The van der Waals surface area contributed by atoms with Crippen LogP contribution in [0.2, 0.25) is 0 Å². The van der Waals surface area contributed by atoms with Crippen molar-refractivity contribution >= 4 is 24.1 Å². The van der Waals surface area contributed by atoms with Crippen LogP contribution in [-0.4, -0.2) is 16.9 Å². The summed E-state index contributed by atoms with van der Waals surface area (Å²) in [4.78, 5) is 15.8. The number of hydrogen-bond donors (Lipinski definition) is 2. The zero-order chi connectivity index (χ0) is 12.0. The predicted molar refractivity (Wildman–Crippen MR) is 72.4 cm³/mol. The van der Waals surface area contributed by atoms with Crippen LogP contribution in [0.1, 0.15) is 43.6 Å². The average Bonchev–Trinajstić information content (AvgIpc) is 2.28. The van der Waals surface area contributed by atoms with E-state index in [4.69, 9.17) is 5.73 Å². The molecular formula is C12H20ClN3O. The Hall–Kier alpha value is -1.29. The van der Waals surface area contributed by atoms with Crippen molar-refractivity contribution in [2.24, 2.45) is 0 Å². The van der Waals surface area contributed by atoms with E-state index in [9.17, 15) is 4.79 Å². The fraction of sp³-hybridized carbons (Fsp3) is 0.500. The van der Waals surface area contributed by atoms with Gasteiger partial charge in [0.05, 0.1) is 0 Å². The zero-order valence-electron chi connectivity index (χ0n) is 10.3. The van der Waals surface area contributed by atoms with Gasteiger partial charge in [-0.2, -0.15) is 0 Å². The Morgan fingerprint density at radius 3 is 2.71 bits per heavy atom. The van der Waals surface area contributed by atoms with Crippen LogP contribution in [-0.2, 0) is 0 Å². The summed E-state index contributed by atoms with van der Waals surface area (Å²) in [5.74, 6) is 0.226. The van der Waals surface area contributed by atoms with Gasteiger partial charge in [0.2, 0.25) is 0 Å². The van der Waals surface area contributed by atoms with Crippen molar-refractivity contribution in [1.82, 2.24) is 10.3 Å². The van der Waals surface area contributed by atoms with E-state index in [0.717, 1.165) is 19.3 Å². The summed E-state index contributed by atoms with van der Waals surface area (Å²) >= 11 is 0. The molecular weight excluding hydrogens is 238 g/mol. The summed E-state index contributed by atoms with van der Waals surface area (Å²) in [6, 6.07) is 5.29. The molecule has 4 nitrogen and oxygen atoms in total. The number of nitrogens with one attached hydrogen (secondary N) is 1. The van der Waals surface area contributed by atoms with Crippen molar-refractivity contribution in [3.05, 3.63) is 23.9 Å². The maximum absolute atomic E-state index is 11.8. The standard InChI is InChI=1S/C12H19N3O.ClH/c1-3-6-9(4-2)14-12(16)10-7-5-8-11(13)15-10;/h5,7-9H,3-4,6H2,1-2H3,(H2,13,15)(H,14,16);1H. The van der Waals surface area contributed by atoms with Gasteiger partial charge < -0.3 is 11.1 Å².